The van der Waals surface area contributed by atoms with E-state index in [0.717, 1.165) is 25.7 Å². The Morgan fingerprint density at radius 1 is 1.21 bits per heavy atom. The van der Waals surface area contributed by atoms with Gasteiger partial charge in [0.15, 0.2) is 0 Å². The normalized spacial score (nSPS) is 15.4. The van der Waals surface area contributed by atoms with E-state index in [1.165, 1.54) is 7.11 Å². The van der Waals surface area contributed by atoms with Gasteiger partial charge in [-0.3, -0.25) is 9.05 Å². The van der Waals surface area contributed by atoms with Crippen molar-refractivity contribution in [1.82, 2.24) is 0 Å². The lowest BCUT2D eigenvalue weighted by molar-refractivity contribution is 0.130. The molecule has 0 aromatic carbocycles. The summed E-state index contributed by atoms with van der Waals surface area (Å²) in [6.07, 6.45) is 3.80. The molecule has 0 aliphatic rings. The average molecular weight is 226 g/mol. The maximum atomic E-state index is 11.2. The molecule has 0 rings (SSSR count). The molecular formula is C7H19N2O4P. The molecule has 14 heavy (non-hydrogen) atoms. The highest BCUT2D eigenvalue weighted by Gasteiger charge is 2.22. The summed E-state index contributed by atoms with van der Waals surface area (Å²) < 4.78 is 24.7. The van der Waals surface area contributed by atoms with Gasteiger partial charge < -0.3 is 5.73 Å². The Hall–Kier alpha value is 0.0300. The highest BCUT2D eigenvalue weighted by molar-refractivity contribution is 7.48. The molecule has 0 amide bonds. The second-order valence-corrected chi connectivity index (χ2v) is 4.50. The van der Waals surface area contributed by atoms with Crippen LogP contribution in [0, 0.1) is 0 Å². The molecule has 0 bridgehead atoms. The van der Waals surface area contributed by atoms with E-state index in [1.54, 1.807) is 0 Å². The van der Waals surface area contributed by atoms with Crippen molar-refractivity contribution in [3.8, 4) is 0 Å². The van der Waals surface area contributed by atoms with Crippen molar-refractivity contribution in [3.05, 3.63) is 0 Å². The van der Waals surface area contributed by atoms with Crippen molar-refractivity contribution in [2.75, 3.05) is 20.3 Å². The molecule has 86 valence electrons. The van der Waals surface area contributed by atoms with Crippen LogP contribution in [0.15, 0.2) is 0 Å². The molecule has 0 spiro atoms. The van der Waals surface area contributed by atoms with E-state index in [0.29, 0.717) is 13.2 Å². The Balaban J connectivity index is 3.39. The Kier molecular flexibility index (Phi) is 8.37. The Labute approximate surface area is 84.5 Å². The summed E-state index contributed by atoms with van der Waals surface area (Å²) in [7, 11) is -2.26. The number of hydrogen-bond donors (Lipinski definition) is 2. The largest absolute Gasteiger partial charge is 0.490 e. The molecule has 7 heteroatoms. The smallest absolute Gasteiger partial charge is 0.330 e. The summed E-state index contributed by atoms with van der Waals surface area (Å²) in [5.74, 6) is 4.75. The van der Waals surface area contributed by atoms with E-state index in [1.807, 2.05) is 0 Å². The van der Waals surface area contributed by atoms with Gasteiger partial charge in [-0.1, -0.05) is 12.8 Å². The zero-order valence-electron chi connectivity index (χ0n) is 8.48. The monoisotopic (exact) mass is 226 g/mol. The third kappa shape index (κ3) is 6.48. The molecule has 0 radical (unpaired) electrons. The number of unbranched alkanes of at least 4 members (excludes halogenated alkanes) is 3. The lowest BCUT2D eigenvalue weighted by Gasteiger charge is -2.11. The minimum absolute atomic E-state index is 0.312. The van der Waals surface area contributed by atoms with Crippen molar-refractivity contribution in [2.45, 2.75) is 25.7 Å². The van der Waals surface area contributed by atoms with Gasteiger partial charge in [0.2, 0.25) is 0 Å². The highest BCUT2D eigenvalue weighted by Crippen LogP contribution is 2.46. The van der Waals surface area contributed by atoms with Gasteiger partial charge in [0, 0.05) is 7.11 Å². The predicted octanol–water partition coefficient (Wildman–Crippen LogP) is 1.17. The Morgan fingerprint density at radius 2 is 1.86 bits per heavy atom. The van der Waals surface area contributed by atoms with E-state index in [9.17, 15) is 4.57 Å². The molecule has 0 aliphatic heterocycles. The van der Waals surface area contributed by atoms with Crippen LogP contribution in [0.3, 0.4) is 0 Å². The van der Waals surface area contributed by atoms with Gasteiger partial charge >= 0.3 is 7.82 Å². The predicted molar refractivity (Wildman–Crippen MR) is 53.4 cm³/mol. The van der Waals surface area contributed by atoms with Crippen LogP contribution in [-0.2, 0) is 18.2 Å². The Bertz CT molecular complexity index is 171. The summed E-state index contributed by atoms with van der Waals surface area (Å²) in [4.78, 5) is 0. The lowest BCUT2D eigenvalue weighted by atomic mass is 10.2. The second-order valence-electron chi connectivity index (χ2n) is 2.77. The molecule has 1 unspecified atom stereocenters. The summed E-state index contributed by atoms with van der Waals surface area (Å²) in [5.41, 5.74) is 5.32. The van der Waals surface area contributed by atoms with Crippen LogP contribution in [0.4, 0.5) is 0 Å². The van der Waals surface area contributed by atoms with Crippen LogP contribution >= 0.6 is 7.82 Å². The molecule has 1 atom stereocenters. The molecule has 0 aromatic heterocycles. The van der Waals surface area contributed by atoms with Gasteiger partial charge in [-0.15, -0.1) is 0 Å². The molecule has 0 saturated carbocycles. The zero-order chi connectivity index (χ0) is 10.9. The number of phosphoric acid groups is 1. The fourth-order valence-electron chi connectivity index (χ4n) is 0.902. The third-order valence-corrected chi connectivity index (χ3v) is 2.90. The van der Waals surface area contributed by atoms with Gasteiger partial charge in [0.1, 0.15) is 0 Å². The zero-order valence-corrected chi connectivity index (χ0v) is 9.37. The molecule has 0 saturated heterocycles. The van der Waals surface area contributed by atoms with Gasteiger partial charge in [0.25, 0.3) is 0 Å². The first-order valence-corrected chi connectivity index (χ1v) is 6.03. The third-order valence-electron chi connectivity index (χ3n) is 1.70. The first-order chi connectivity index (χ1) is 6.68. The van der Waals surface area contributed by atoms with E-state index in [-0.39, 0.29) is 0 Å². The van der Waals surface area contributed by atoms with Crippen molar-refractivity contribution in [3.63, 3.8) is 0 Å². The average Bonchev–Trinajstić information content (AvgIpc) is 2.23. The van der Waals surface area contributed by atoms with Gasteiger partial charge in [-0.05, 0) is 19.4 Å². The van der Waals surface area contributed by atoms with Gasteiger partial charge in [0.05, 0.1) is 6.61 Å². The second kappa shape index (κ2) is 8.35. The number of rotatable bonds is 9. The minimum Gasteiger partial charge on any atom is -0.330 e. The summed E-state index contributed by atoms with van der Waals surface area (Å²) >= 11 is 0. The standard InChI is InChI=1S/C7H19N2O4P/c1-11-14(10,13-9)12-7-5-3-2-4-6-8/h2-9H2,1H3. The van der Waals surface area contributed by atoms with E-state index < -0.39 is 7.82 Å². The van der Waals surface area contributed by atoms with Crippen LogP contribution in [0.2, 0.25) is 0 Å². The first kappa shape index (κ1) is 14.0. The SMILES string of the molecule is COP(=O)(ON)OCCCCCCN. The van der Waals surface area contributed by atoms with E-state index in [4.69, 9.17) is 16.2 Å². The maximum Gasteiger partial charge on any atom is 0.490 e. The number of hydrogen-bond acceptors (Lipinski definition) is 6. The van der Waals surface area contributed by atoms with Crippen molar-refractivity contribution in [1.29, 1.82) is 0 Å². The fourth-order valence-corrected chi connectivity index (χ4v) is 1.51. The number of nitrogens with two attached hydrogens (primary N) is 2. The van der Waals surface area contributed by atoms with Crippen LogP contribution in [0.1, 0.15) is 25.7 Å². The van der Waals surface area contributed by atoms with Crippen molar-refractivity contribution < 1.29 is 18.2 Å². The minimum atomic E-state index is -3.48. The van der Waals surface area contributed by atoms with Crippen LogP contribution in [0.5, 0.6) is 0 Å². The van der Waals surface area contributed by atoms with Gasteiger partial charge in [-0.25, -0.2) is 15.1 Å². The number of phosphoric ester groups is 1. The van der Waals surface area contributed by atoms with E-state index in [2.05, 4.69) is 9.15 Å². The Morgan fingerprint density at radius 3 is 2.36 bits per heavy atom. The molecule has 4 N–H and O–H groups in total. The van der Waals surface area contributed by atoms with Crippen LogP contribution in [-0.4, -0.2) is 20.3 Å². The topological polar surface area (TPSA) is 96.8 Å². The van der Waals surface area contributed by atoms with Gasteiger partial charge in [-0.2, -0.15) is 0 Å². The quantitative estimate of drug-likeness (QED) is 0.348. The first-order valence-electron chi connectivity index (χ1n) is 4.57. The molecular weight excluding hydrogens is 207 g/mol. The van der Waals surface area contributed by atoms with Crippen molar-refractivity contribution >= 4 is 7.82 Å². The van der Waals surface area contributed by atoms with Crippen molar-refractivity contribution in [2.24, 2.45) is 11.6 Å². The molecule has 0 fully saturated rings. The van der Waals surface area contributed by atoms with Crippen LogP contribution < -0.4 is 11.6 Å². The van der Waals surface area contributed by atoms with Crippen LogP contribution in [0.25, 0.3) is 0 Å². The lowest BCUT2D eigenvalue weighted by Crippen LogP contribution is -2.04. The molecule has 0 aliphatic carbocycles. The molecule has 0 aromatic rings. The maximum absolute atomic E-state index is 11.2. The molecule has 0 heterocycles. The highest BCUT2D eigenvalue weighted by atomic mass is 31.2. The summed E-state index contributed by atoms with van der Waals surface area (Å²) in [6, 6.07) is 0. The summed E-state index contributed by atoms with van der Waals surface area (Å²) in [6.45, 7) is 1.01. The fraction of sp³-hybridized carbons (Fsp3) is 1.00. The van der Waals surface area contributed by atoms with E-state index >= 15 is 0 Å². The summed E-state index contributed by atoms with van der Waals surface area (Å²) in [5, 5.41) is 0. The molecule has 6 nitrogen and oxygen atoms in total.